The number of hydrogen-bond donors (Lipinski definition) is 1. The van der Waals surface area contributed by atoms with Crippen molar-refractivity contribution in [2.45, 2.75) is 5.16 Å². The molecule has 0 saturated heterocycles. The van der Waals surface area contributed by atoms with Gasteiger partial charge in [-0.2, -0.15) is 0 Å². The highest BCUT2D eigenvalue weighted by Gasteiger charge is 2.18. The molecule has 168 valence electrons. The van der Waals surface area contributed by atoms with Gasteiger partial charge in [-0.1, -0.05) is 35.5 Å². The standard InChI is InChI=1S/C23H16ClF2N3O3S/c1-32-20-9-6-13(24)10-18(20)27-21(30)12-33-23-28-17-5-3-2-4-15(17)22(31)29(23)19-8-7-14(25)11-16(19)26/h2-11H,12H2,1H3,(H,27,30). The van der Waals surface area contributed by atoms with E-state index in [1.165, 1.54) is 7.11 Å². The van der Waals surface area contributed by atoms with Crippen LogP contribution >= 0.6 is 23.4 Å². The molecule has 1 amide bonds. The van der Waals surface area contributed by atoms with Gasteiger partial charge in [-0.05, 0) is 42.5 Å². The predicted octanol–water partition coefficient (Wildman–Crippen LogP) is 5.06. The molecule has 1 N–H and O–H groups in total. The first-order valence-electron chi connectivity index (χ1n) is 9.61. The highest BCUT2D eigenvalue weighted by molar-refractivity contribution is 7.99. The topological polar surface area (TPSA) is 73.2 Å². The summed E-state index contributed by atoms with van der Waals surface area (Å²) in [5.41, 5.74) is 0.0642. The highest BCUT2D eigenvalue weighted by Crippen LogP contribution is 2.28. The van der Waals surface area contributed by atoms with Crippen molar-refractivity contribution in [3.05, 3.63) is 87.7 Å². The van der Waals surface area contributed by atoms with Crippen LogP contribution in [0.25, 0.3) is 16.6 Å². The van der Waals surface area contributed by atoms with E-state index >= 15 is 0 Å². The van der Waals surface area contributed by atoms with Gasteiger partial charge in [0.05, 0.1) is 35.1 Å². The molecule has 0 unspecified atom stereocenters. The largest absolute Gasteiger partial charge is 0.495 e. The van der Waals surface area contributed by atoms with Gasteiger partial charge in [-0.3, -0.25) is 14.2 Å². The van der Waals surface area contributed by atoms with Crippen molar-refractivity contribution in [1.29, 1.82) is 0 Å². The number of thioether (sulfide) groups is 1. The number of anilines is 1. The van der Waals surface area contributed by atoms with Gasteiger partial charge in [-0.15, -0.1) is 0 Å². The molecular weight excluding hydrogens is 472 g/mol. The van der Waals surface area contributed by atoms with Crippen LogP contribution in [0.2, 0.25) is 5.02 Å². The molecule has 0 aliphatic carbocycles. The molecule has 0 radical (unpaired) electrons. The van der Waals surface area contributed by atoms with Gasteiger partial charge in [0, 0.05) is 11.1 Å². The summed E-state index contributed by atoms with van der Waals surface area (Å²) in [6, 6.07) is 14.3. The zero-order chi connectivity index (χ0) is 23.5. The van der Waals surface area contributed by atoms with Crippen LogP contribution in [0.5, 0.6) is 5.75 Å². The summed E-state index contributed by atoms with van der Waals surface area (Å²) in [6.45, 7) is 0. The maximum absolute atomic E-state index is 14.6. The Hall–Kier alpha value is -3.43. The second-order valence-corrected chi connectivity index (χ2v) is 8.21. The molecule has 3 aromatic carbocycles. The quantitative estimate of drug-likeness (QED) is 0.304. The first-order valence-corrected chi connectivity index (χ1v) is 11.0. The van der Waals surface area contributed by atoms with Crippen LogP contribution in [-0.4, -0.2) is 28.3 Å². The van der Waals surface area contributed by atoms with E-state index in [-0.39, 0.29) is 22.0 Å². The van der Waals surface area contributed by atoms with Crippen molar-refractivity contribution >= 4 is 45.9 Å². The average Bonchev–Trinajstić information content (AvgIpc) is 2.79. The van der Waals surface area contributed by atoms with E-state index in [4.69, 9.17) is 16.3 Å². The summed E-state index contributed by atoms with van der Waals surface area (Å²) in [7, 11) is 1.46. The van der Waals surface area contributed by atoms with Gasteiger partial charge in [0.25, 0.3) is 5.56 Å². The molecule has 33 heavy (non-hydrogen) atoms. The molecular formula is C23H16ClF2N3O3S. The SMILES string of the molecule is COc1ccc(Cl)cc1NC(=O)CSc1nc2ccccc2c(=O)n1-c1ccc(F)cc1F. The second-order valence-electron chi connectivity index (χ2n) is 6.83. The molecule has 0 atom stereocenters. The molecule has 4 rings (SSSR count). The van der Waals surface area contributed by atoms with Gasteiger partial charge in [0.1, 0.15) is 17.4 Å². The lowest BCUT2D eigenvalue weighted by atomic mass is 10.2. The van der Waals surface area contributed by atoms with Gasteiger partial charge < -0.3 is 10.1 Å². The lowest BCUT2D eigenvalue weighted by Crippen LogP contribution is -2.23. The Labute approximate surface area is 196 Å². The van der Waals surface area contributed by atoms with E-state index in [1.54, 1.807) is 42.5 Å². The summed E-state index contributed by atoms with van der Waals surface area (Å²) in [4.78, 5) is 30.2. The third kappa shape index (κ3) is 4.84. The predicted molar refractivity (Wildman–Crippen MR) is 125 cm³/mol. The molecule has 10 heteroatoms. The summed E-state index contributed by atoms with van der Waals surface area (Å²) in [5.74, 6) is -1.85. The van der Waals surface area contributed by atoms with Crippen molar-refractivity contribution in [2.75, 3.05) is 18.2 Å². The van der Waals surface area contributed by atoms with Crippen LogP contribution in [0.1, 0.15) is 0 Å². The smallest absolute Gasteiger partial charge is 0.266 e. The van der Waals surface area contributed by atoms with E-state index in [0.29, 0.717) is 28.0 Å². The Morgan fingerprint density at radius 1 is 1.15 bits per heavy atom. The monoisotopic (exact) mass is 487 g/mol. The van der Waals surface area contributed by atoms with Crippen LogP contribution in [0.4, 0.5) is 14.5 Å². The molecule has 1 aromatic heterocycles. The summed E-state index contributed by atoms with van der Waals surface area (Å²) >= 11 is 6.93. The number of halogens is 3. The number of para-hydroxylation sites is 1. The third-order valence-electron chi connectivity index (χ3n) is 4.66. The molecule has 0 aliphatic rings. The van der Waals surface area contributed by atoms with E-state index in [0.717, 1.165) is 28.5 Å². The molecule has 0 saturated carbocycles. The van der Waals surface area contributed by atoms with Crippen molar-refractivity contribution < 1.29 is 18.3 Å². The van der Waals surface area contributed by atoms with E-state index in [9.17, 15) is 18.4 Å². The van der Waals surface area contributed by atoms with Crippen LogP contribution in [0.15, 0.2) is 70.6 Å². The van der Waals surface area contributed by atoms with Gasteiger partial charge >= 0.3 is 0 Å². The number of carbonyl (C=O) groups is 1. The maximum atomic E-state index is 14.6. The summed E-state index contributed by atoms with van der Waals surface area (Å²) in [6.07, 6.45) is 0. The number of benzene rings is 3. The molecule has 0 spiro atoms. The summed E-state index contributed by atoms with van der Waals surface area (Å²) < 4.78 is 34.3. The van der Waals surface area contributed by atoms with Crippen LogP contribution < -0.4 is 15.6 Å². The number of amides is 1. The molecule has 1 heterocycles. The van der Waals surface area contributed by atoms with E-state index in [2.05, 4.69) is 10.3 Å². The maximum Gasteiger partial charge on any atom is 0.266 e. The number of methoxy groups -OCH3 is 1. The minimum atomic E-state index is -0.927. The van der Waals surface area contributed by atoms with E-state index in [1.807, 2.05) is 0 Å². The van der Waals surface area contributed by atoms with Gasteiger partial charge in [-0.25, -0.2) is 13.8 Å². The second kappa shape index (κ2) is 9.60. The Bertz CT molecular complexity index is 1430. The molecule has 0 fully saturated rings. The Balaban J connectivity index is 1.69. The Kier molecular flexibility index (Phi) is 6.62. The average molecular weight is 488 g/mol. The van der Waals surface area contributed by atoms with Crippen molar-refractivity contribution in [1.82, 2.24) is 9.55 Å². The first-order chi connectivity index (χ1) is 15.9. The molecule has 0 aliphatic heterocycles. The van der Waals surface area contributed by atoms with Crippen LogP contribution in [0.3, 0.4) is 0 Å². The van der Waals surface area contributed by atoms with E-state index < -0.39 is 23.1 Å². The number of nitrogens with one attached hydrogen (secondary N) is 1. The zero-order valence-electron chi connectivity index (χ0n) is 17.1. The van der Waals surface area contributed by atoms with Crippen LogP contribution in [0, 0.1) is 11.6 Å². The number of carbonyl (C=O) groups excluding carboxylic acids is 1. The highest BCUT2D eigenvalue weighted by atomic mass is 35.5. The number of aromatic nitrogens is 2. The van der Waals surface area contributed by atoms with Crippen molar-refractivity contribution in [3.8, 4) is 11.4 Å². The number of nitrogens with zero attached hydrogens (tertiary/aromatic N) is 2. The number of rotatable bonds is 6. The molecule has 6 nitrogen and oxygen atoms in total. The van der Waals surface area contributed by atoms with Crippen LogP contribution in [-0.2, 0) is 4.79 Å². The molecule has 4 aromatic rings. The summed E-state index contributed by atoms with van der Waals surface area (Å²) in [5, 5.41) is 3.45. The fourth-order valence-corrected chi connectivity index (χ4v) is 4.16. The number of fused-ring (bicyclic) bond motifs is 1. The first kappa shape index (κ1) is 22.8. The number of ether oxygens (including phenoxy) is 1. The fourth-order valence-electron chi connectivity index (χ4n) is 3.18. The molecule has 0 bridgehead atoms. The zero-order valence-corrected chi connectivity index (χ0v) is 18.7. The number of hydrogen-bond acceptors (Lipinski definition) is 5. The fraction of sp³-hybridized carbons (Fsp3) is 0.0870. The third-order valence-corrected chi connectivity index (χ3v) is 5.84. The van der Waals surface area contributed by atoms with Gasteiger partial charge in [0.2, 0.25) is 5.91 Å². The minimum absolute atomic E-state index is 0.0809. The minimum Gasteiger partial charge on any atom is -0.495 e. The normalized spacial score (nSPS) is 10.9. The lowest BCUT2D eigenvalue weighted by Gasteiger charge is -2.14. The van der Waals surface area contributed by atoms with Gasteiger partial charge in [0.15, 0.2) is 5.16 Å². The van der Waals surface area contributed by atoms with Crippen molar-refractivity contribution in [2.24, 2.45) is 0 Å². The van der Waals surface area contributed by atoms with Crippen molar-refractivity contribution in [3.63, 3.8) is 0 Å². The Morgan fingerprint density at radius 2 is 1.94 bits per heavy atom. The lowest BCUT2D eigenvalue weighted by molar-refractivity contribution is -0.113. The Morgan fingerprint density at radius 3 is 2.70 bits per heavy atom.